The van der Waals surface area contributed by atoms with Gasteiger partial charge >= 0.3 is 0 Å². The van der Waals surface area contributed by atoms with Crippen LogP contribution in [0.4, 0.5) is 0 Å². The quantitative estimate of drug-likeness (QED) is 0.448. The van der Waals surface area contributed by atoms with Crippen molar-refractivity contribution >= 4 is 18.2 Å². The summed E-state index contributed by atoms with van der Waals surface area (Å²) in [6, 6.07) is 24.1. The molecular weight excluding hydrogens is 372 g/mol. The standard InChI is InChI=1S/3C9H8O/c3*1-2-6-9-8(4-1)5-3-7-10-9/h3*1-6H,7H2. The van der Waals surface area contributed by atoms with Gasteiger partial charge in [-0.3, -0.25) is 0 Å². The average molecular weight is 396 g/mol. The van der Waals surface area contributed by atoms with Gasteiger partial charge in [0.15, 0.2) is 0 Å². The van der Waals surface area contributed by atoms with E-state index in [4.69, 9.17) is 14.2 Å². The van der Waals surface area contributed by atoms with Gasteiger partial charge in [0, 0.05) is 16.7 Å². The molecule has 0 aromatic heterocycles. The Morgan fingerprint density at radius 3 is 1.00 bits per heavy atom. The third kappa shape index (κ3) is 5.21. The van der Waals surface area contributed by atoms with Crippen LogP contribution in [0.5, 0.6) is 17.2 Å². The SMILES string of the molecule is C1=Cc2ccccc2OC1.C1=Cc2ccccc2OC1.C1=Cc2ccccc2OC1. The highest BCUT2D eigenvalue weighted by molar-refractivity contribution is 5.60. The molecule has 0 amide bonds. The number of para-hydroxylation sites is 3. The van der Waals surface area contributed by atoms with E-state index in [1.54, 1.807) is 0 Å². The van der Waals surface area contributed by atoms with Gasteiger partial charge in [-0.15, -0.1) is 0 Å². The smallest absolute Gasteiger partial charge is 0.126 e. The number of hydrogen-bond acceptors (Lipinski definition) is 3. The van der Waals surface area contributed by atoms with E-state index in [2.05, 4.69) is 18.2 Å². The molecule has 0 unspecified atom stereocenters. The van der Waals surface area contributed by atoms with Gasteiger partial charge in [0.25, 0.3) is 0 Å². The lowest BCUT2D eigenvalue weighted by Crippen LogP contribution is -1.98. The molecule has 0 N–H and O–H groups in total. The molecule has 30 heavy (non-hydrogen) atoms. The maximum Gasteiger partial charge on any atom is 0.126 e. The van der Waals surface area contributed by atoms with Crippen LogP contribution in [0.2, 0.25) is 0 Å². The Hall–Kier alpha value is -3.72. The molecule has 0 spiro atoms. The van der Waals surface area contributed by atoms with Gasteiger partial charge in [0.05, 0.1) is 0 Å². The maximum absolute atomic E-state index is 5.34. The summed E-state index contributed by atoms with van der Waals surface area (Å²) in [4.78, 5) is 0. The Kier molecular flexibility index (Phi) is 6.64. The van der Waals surface area contributed by atoms with E-state index in [0.29, 0.717) is 19.8 Å². The van der Waals surface area contributed by atoms with E-state index < -0.39 is 0 Å². The predicted molar refractivity (Wildman–Crippen MR) is 123 cm³/mol. The van der Waals surface area contributed by atoms with Gasteiger partial charge in [-0.2, -0.15) is 0 Å². The van der Waals surface area contributed by atoms with E-state index in [9.17, 15) is 0 Å². The monoisotopic (exact) mass is 396 g/mol. The molecule has 6 rings (SSSR count). The molecule has 3 nitrogen and oxygen atoms in total. The molecule has 0 saturated carbocycles. The van der Waals surface area contributed by atoms with Crippen molar-refractivity contribution in [2.45, 2.75) is 0 Å². The first-order chi connectivity index (χ1) is 14.9. The van der Waals surface area contributed by atoms with Crippen molar-refractivity contribution in [3.05, 3.63) is 108 Å². The van der Waals surface area contributed by atoms with Crippen LogP contribution in [0.15, 0.2) is 91.0 Å². The fraction of sp³-hybridized carbons (Fsp3) is 0.111. The van der Waals surface area contributed by atoms with Crippen LogP contribution in [0, 0.1) is 0 Å². The van der Waals surface area contributed by atoms with E-state index in [0.717, 1.165) is 17.2 Å². The van der Waals surface area contributed by atoms with Crippen molar-refractivity contribution in [1.29, 1.82) is 0 Å². The van der Waals surface area contributed by atoms with Crippen LogP contribution < -0.4 is 14.2 Å². The zero-order valence-corrected chi connectivity index (χ0v) is 16.7. The zero-order chi connectivity index (χ0) is 20.4. The summed E-state index contributed by atoms with van der Waals surface area (Å²) in [5.74, 6) is 2.97. The summed E-state index contributed by atoms with van der Waals surface area (Å²) in [6.45, 7) is 2.12. The summed E-state index contributed by atoms with van der Waals surface area (Å²) in [5, 5.41) is 0. The number of rotatable bonds is 0. The van der Waals surface area contributed by atoms with Gasteiger partial charge < -0.3 is 14.2 Å². The van der Waals surface area contributed by atoms with Crippen molar-refractivity contribution in [2.75, 3.05) is 19.8 Å². The Balaban J connectivity index is 0.000000109. The minimum Gasteiger partial charge on any atom is -0.489 e. The minimum atomic E-state index is 0.705. The highest BCUT2D eigenvalue weighted by Gasteiger charge is 2.02. The second kappa shape index (κ2) is 10.2. The second-order valence-corrected chi connectivity index (χ2v) is 6.75. The Morgan fingerprint density at radius 1 is 0.400 bits per heavy atom. The zero-order valence-electron chi connectivity index (χ0n) is 16.7. The Morgan fingerprint density at radius 2 is 0.700 bits per heavy atom. The van der Waals surface area contributed by atoms with E-state index in [1.807, 2.05) is 91.0 Å². The topological polar surface area (TPSA) is 27.7 Å². The lowest BCUT2D eigenvalue weighted by molar-refractivity contribution is 0.358. The van der Waals surface area contributed by atoms with Crippen molar-refractivity contribution in [1.82, 2.24) is 0 Å². The molecule has 3 aromatic rings. The van der Waals surface area contributed by atoms with Gasteiger partial charge in [0.2, 0.25) is 0 Å². The van der Waals surface area contributed by atoms with Crippen LogP contribution in [0.25, 0.3) is 18.2 Å². The third-order valence-corrected chi connectivity index (χ3v) is 4.65. The molecule has 150 valence electrons. The molecule has 3 heteroatoms. The minimum absolute atomic E-state index is 0.705. The van der Waals surface area contributed by atoms with Crippen molar-refractivity contribution in [3.63, 3.8) is 0 Å². The van der Waals surface area contributed by atoms with Crippen molar-refractivity contribution in [3.8, 4) is 17.2 Å². The van der Waals surface area contributed by atoms with Gasteiger partial charge in [0.1, 0.15) is 37.1 Å². The average Bonchev–Trinajstić information content (AvgIpc) is 2.85. The summed E-state index contributed by atoms with van der Waals surface area (Å²) in [5.41, 5.74) is 3.52. The maximum atomic E-state index is 5.34. The summed E-state index contributed by atoms with van der Waals surface area (Å²) in [6.07, 6.45) is 12.3. The lowest BCUT2D eigenvalue weighted by Gasteiger charge is -2.10. The molecule has 3 aliphatic rings. The van der Waals surface area contributed by atoms with Crippen LogP contribution in [-0.4, -0.2) is 19.8 Å². The normalized spacial score (nSPS) is 14.0. The fourth-order valence-electron chi connectivity index (χ4n) is 3.19. The first-order valence-electron chi connectivity index (χ1n) is 10.1. The fourth-order valence-corrected chi connectivity index (χ4v) is 3.19. The van der Waals surface area contributed by atoms with E-state index in [1.165, 1.54) is 16.7 Å². The number of hydrogen-bond donors (Lipinski definition) is 0. The molecule has 3 heterocycles. The summed E-state index contributed by atoms with van der Waals surface area (Å²) < 4.78 is 16.0. The third-order valence-electron chi connectivity index (χ3n) is 4.65. The molecule has 3 aromatic carbocycles. The summed E-state index contributed by atoms with van der Waals surface area (Å²) >= 11 is 0. The summed E-state index contributed by atoms with van der Waals surface area (Å²) in [7, 11) is 0. The van der Waals surface area contributed by atoms with E-state index in [-0.39, 0.29) is 0 Å². The predicted octanol–water partition coefficient (Wildman–Crippen LogP) is 6.28. The molecule has 0 saturated heterocycles. The van der Waals surface area contributed by atoms with Gasteiger partial charge in [-0.05, 0) is 36.4 Å². The number of benzene rings is 3. The molecule has 0 atom stereocenters. The molecule has 3 aliphatic heterocycles. The van der Waals surface area contributed by atoms with Crippen LogP contribution >= 0.6 is 0 Å². The highest BCUT2D eigenvalue weighted by Crippen LogP contribution is 2.23. The second-order valence-electron chi connectivity index (χ2n) is 6.75. The molecule has 0 bridgehead atoms. The molecule has 0 fully saturated rings. The first-order valence-corrected chi connectivity index (χ1v) is 10.1. The van der Waals surface area contributed by atoms with Crippen LogP contribution in [-0.2, 0) is 0 Å². The van der Waals surface area contributed by atoms with Crippen molar-refractivity contribution in [2.24, 2.45) is 0 Å². The van der Waals surface area contributed by atoms with Crippen LogP contribution in [0.1, 0.15) is 16.7 Å². The Bertz CT molecular complexity index is 926. The molecule has 0 radical (unpaired) electrons. The molecule has 0 aliphatic carbocycles. The van der Waals surface area contributed by atoms with Gasteiger partial charge in [-0.1, -0.05) is 72.8 Å². The highest BCUT2D eigenvalue weighted by atomic mass is 16.5. The number of ether oxygens (including phenoxy) is 3. The molecular formula is C27H24O3. The number of fused-ring (bicyclic) bond motifs is 3. The lowest BCUT2D eigenvalue weighted by atomic mass is 10.1. The van der Waals surface area contributed by atoms with E-state index >= 15 is 0 Å². The first kappa shape index (κ1) is 19.6. The van der Waals surface area contributed by atoms with Crippen LogP contribution in [0.3, 0.4) is 0 Å². The van der Waals surface area contributed by atoms with Gasteiger partial charge in [-0.25, -0.2) is 0 Å². The Labute approximate surface area is 177 Å². The van der Waals surface area contributed by atoms with Crippen molar-refractivity contribution < 1.29 is 14.2 Å². The largest absolute Gasteiger partial charge is 0.489 e.